The monoisotopic (exact) mass is 388 g/mol. The van der Waals surface area contributed by atoms with Crippen LogP contribution in [0.1, 0.15) is 0 Å². The SMILES string of the molecule is CS(=O)(=O)c1ccc2[nH]c(-c3ccc(-c4nc5ccccc5[nH]4)cc3)nc2c1. The molecule has 3 aromatic carbocycles. The molecule has 0 aliphatic rings. The molecule has 0 saturated carbocycles. The van der Waals surface area contributed by atoms with E-state index in [0.717, 1.165) is 33.5 Å². The lowest BCUT2D eigenvalue weighted by atomic mass is 10.1. The molecule has 6 nitrogen and oxygen atoms in total. The van der Waals surface area contributed by atoms with Gasteiger partial charge in [-0.15, -0.1) is 0 Å². The van der Waals surface area contributed by atoms with Gasteiger partial charge in [0, 0.05) is 17.4 Å². The largest absolute Gasteiger partial charge is 0.338 e. The van der Waals surface area contributed by atoms with Crippen molar-refractivity contribution in [1.82, 2.24) is 19.9 Å². The predicted molar refractivity (Wildman–Crippen MR) is 110 cm³/mol. The van der Waals surface area contributed by atoms with E-state index in [1.54, 1.807) is 18.2 Å². The normalized spacial score (nSPS) is 12.0. The maximum Gasteiger partial charge on any atom is 0.175 e. The van der Waals surface area contributed by atoms with Crippen molar-refractivity contribution >= 4 is 31.9 Å². The van der Waals surface area contributed by atoms with Gasteiger partial charge >= 0.3 is 0 Å². The van der Waals surface area contributed by atoms with Crippen LogP contribution in [-0.2, 0) is 9.84 Å². The van der Waals surface area contributed by atoms with Crippen molar-refractivity contribution in [3.05, 3.63) is 66.7 Å². The van der Waals surface area contributed by atoms with Gasteiger partial charge in [-0.25, -0.2) is 18.4 Å². The summed E-state index contributed by atoms with van der Waals surface area (Å²) in [5.41, 5.74) is 5.25. The first kappa shape index (κ1) is 16.7. The molecule has 0 fully saturated rings. The number of fused-ring (bicyclic) bond motifs is 2. The molecule has 0 saturated heterocycles. The Hall–Kier alpha value is -3.45. The molecule has 0 atom stereocenters. The van der Waals surface area contributed by atoms with Crippen LogP contribution in [0.25, 0.3) is 44.8 Å². The maximum absolute atomic E-state index is 11.7. The molecule has 5 rings (SSSR count). The van der Waals surface area contributed by atoms with Gasteiger partial charge in [-0.3, -0.25) is 0 Å². The van der Waals surface area contributed by atoms with Crippen LogP contribution in [0, 0.1) is 0 Å². The molecule has 0 unspecified atom stereocenters. The number of imidazole rings is 2. The summed E-state index contributed by atoms with van der Waals surface area (Å²) in [5, 5.41) is 0. The van der Waals surface area contributed by atoms with Crippen molar-refractivity contribution in [2.45, 2.75) is 4.90 Å². The fourth-order valence-corrected chi connectivity index (χ4v) is 3.87. The molecule has 138 valence electrons. The number of hydrogen-bond acceptors (Lipinski definition) is 4. The van der Waals surface area contributed by atoms with Gasteiger partial charge < -0.3 is 9.97 Å². The minimum absolute atomic E-state index is 0.262. The molecule has 2 heterocycles. The average Bonchev–Trinajstić information content (AvgIpc) is 3.31. The third-order valence-corrected chi connectivity index (χ3v) is 5.81. The van der Waals surface area contributed by atoms with E-state index in [4.69, 9.17) is 0 Å². The third-order valence-electron chi connectivity index (χ3n) is 4.70. The van der Waals surface area contributed by atoms with Crippen molar-refractivity contribution in [2.24, 2.45) is 0 Å². The lowest BCUT2D eigenvalue weighted by molar-refractivity contribution is 0.602. The molecular weight excluding hydrogens is 372 g/mol. The molecule has 0 aliphatic heterocycles. The third kappa shape index (κ3) is 2.86. The Morgan fingerprint density at radius 1 is 0.714 bits per heavy atom. The molecule has 0 bridgehead atoms. The molecule has 0 amide bonds. The number of sulfone groups is 1. The van der Waals surface area contributed by atoms with Crippen molar-refractivity contribution in [3.8, 4) is 22.8 Å². The molecule has 2 N–H and O–H groups in total. The highest BCUT2D eigenvalue weighted by atomic mass is 32.2. The zero-order valence-electron chi connectivity index (χ0n) is 15.0. The van der Waals surface area contributed by atoms with Crippen LogP contribution in [0.5, 0.6) is 0 Å². The number of hydrogen-bond donors (Lipinski definition) is 2. The second-order valence-corrected chi connectivity index (χ2v) is 8.73. The number of H-pyrrole nitrogens is 2. The molecule has 7 heteroatoms. The van der Waals surface area contributed by atoms with Crippen LogP contribution in [0.15, 0.2) is 71.6 Å². The van der Waals surface area contributed by atoms with Gasteiger partial charge in [0.1, 0.15) is 11.6 Å². The number of rotatable bonds is 3. The summed E-state index contributed by atoms with van der Waals surface area (Å²) >= 11 is 0. The first-order chi connectivity index (χ1) is 13.5. The molecule has 0 spiro atoms. The second kappa shape index (κ2) is 6.03. The van der Waals surface area contributed by atoms with Crippen molar-refractivity contribution in [2.75, 3.05) is 6.26 Å². The van der Waals surface area contributed by atoms with E-state index in [-0.39, 0.29) is 4.90 Å². The Bertz CT molecular complexity index is 1400. The van der Waals surface area contributed by atoms with E-state index >= 15 is 0 Å². The lowest BCUT2D eigenvalue weighted by Crippen LogP contribution is -1.96. The van der Waals surface area contributed by atoms with E-state index < -0.39 is 9.84 Å². The quantitative estimate of drug-likeness (QED) is 0.485. The molecule has 28 heavy (non-hydrogen) atoms. The first-order valence-electron chi connectivity index (χ1n) is 8.73. The van der Waals surface area contributed by atoms with Gasteiger partial charge in [-0.2, -0.15) is 0 Å². The number of para-hydroxylation sites is 2. The van der Waals surface area contributed by atoms with Crippen molar-refractivity contribution in [1.29, 1.82) is 0 Å². The highest BCUT2D eigenvalue weighted by molar-refractivity contribution is 7.90. The summed E-state index contributed by atoms with van der Waals surface area (Å²) in [5.74, 6) is 1.51. The number of aromatic nitrogens is 4. The van der Waals surface area contributed by atoms with Crippen molar-refractivity contribution in [3.63, 3.8) is 0 Å². The average molecular weight is 388 g/mol. The zero-order valence-corrected chi connectivity index (χ0v) is 15.8. The Morgan fingerprint density at radius 3 is 1.89 bits per heavy atom. The summed E-state index contributed by atoms with van der Waals surface area (Å²) in [7, 11) is -3.26. The number of nitrogens with zero attached hydrogens (tertiary/aromatic N) is 2. The Labute approximate surface area is 161 Å². The number of aromatic amines is 2. The van der Waals surface area contributed by atoms with E-state index in [0.29, 0.717) is 11.3 Å². The summed E-state index contributed by atoms with van der Waals surface area (Å²) in [6.07, 6.45) is 1.19. The molecule has 0 aliphatic carbocycles. The number of benzene rings is 3. The molecule has 2 aromatic heterocycles. The van der Waals surface area contributed by atoms with Gasteiger partial charge in [0.2, 0.25) is 0 Å². The smallest absolute Gasteiger partial charge is 0.175 e. The molecular formula is C21H16N4O2S. The maximum atomic E-state index is 11.7. The Morgan fingerprint density at radius 2 is 1.29 bits per heavy atom. The van der Waals surface area contributed by atoms with E-state index in [2.05, 4.69) is 19.9 Å². The van der Waals surface area contributed by atoms with Crippen LogP contribution in [-0.4, -0.2) is 34.6 Å². The molecule has 0 radical (unpaired) electrons. The first-order valence-corrected chi connectivity index (χ1v) is 10.6. The van der Waals surface area contributed by atoms with Crippen molar-refractivity contribution < 1.29 is 8.42 Å². The number of nitrogens with one attached hydrogen (secondary N) is 2. The van der Waals surface area contributed by atoms with Gasteiger partial charge in [0.15, 0.2) is 9.84 Å². The summed E-state index contributed by atoms with van der Waals surface area (Å²) in [4.78, 5) is 16.0. The summed E-state index contributed by atoms with van der Waals surface area (Å²) < 4.78 is 23.5. The van der Waals surface area contributed by atoms with Crippen LogP contribution in [0.4, 0.5) is 0 Å². The van der Waals surface area contributed by atoms with Crippen LogP contribution < -0.4 is 0 Å². The van der Waals surface area contributed by atoms with Gasteiger partial charge in [-0.1, -0.05) is 36.4 Å². The van der Waals surface area contributed by atoms with E-state index in [9.17, 15) is 8.42 Å². The Kier molecular flexibility index (Phi) is 3.60. The van der Waals surface area contributed by atoms with Gasteiger partial charge in [0.05, 0.1) is 27.0 Å². The highest BCUT2D eigenvalue weighted by Crippen LogP contribution is 2.26. The minimum Gasteiger partial charge on any atom is -0.338 e. The summed E-state index contributed by atoms with van der Waals surface area (Å²) in [6.45, 7) is 0. The van der Waals surface area contributed by atoms with E-state index in [1.165, 1.54) is 6.26 Å². The minimum atomic E-state index is -3.26. The van der Waals surface area contributed by atoms with Crippen LogP contribution >= 0.6 is 0 Å². The van der Waals surface area contributed by atoms with Crippen LogP contribution in [0.3, 0.4) is 0 Å². The van der Waals surface area contributed by atoms with Gasteiger partial charge in [-0.05, 0) is 30.3 Å². The topological polar surface area (TPSA) is 91.5 Å². The molecule has 5 aromatic rings. The predicted octanol–water partition coefficient (Wildman–Crippen LogP) is 4.18. The Balaban J connectivity index is 1.51. The fraction of sp³-hybridized carbons (Fsp3) is 0.0476. The summed E-state index contributed by atoms with van der Waals surface area (Å²) in [6, 6.07) is 20.8. The van der Waals surface area contributed by atoms with E-state index in [1.807, 2.05) is 48.5 Å². The standard InChI is InChI=1S/C21H16N4O2S/c1-28(26,27)15-10-11-18-19(12-15)25-21(24-18)14-8-6-13(7-9-14)20-22-16-4-2-3-5-17(16)23-20/h2-12H,1H3,(H,22,23)(H,24,25). The lowest BCUT2D eigenvalue weighted by Gasteiger charge is -1.99. The zero-order chi connectivity index (χ0) is 19.3. The second-order valence-electron chi connectivity index (χ2n) is 6.72. The fourth-order valence-electron chi connectivity index (χ4n) is 3.23. The van der Waals surface area contributed by atoms with Gasteiger partial charge in [0.25, 0.3) is 0 Å². The highest BCUT2D eigenvalue weighted by Gasteiger charge is 2.12. The van der Waals surface area contributed by atoms with Crippen LogP contribution in [0.2, 0.25) is 0 Å².